The molecule has 0 saturated heterocycles. The Kier molecular flexibility index (Phi) is 4.12. The minimum Gasteiger partial charge on any atom is -0.319 e. The van der Waals surface area contributed by atoms with E-state index in [-0.39, 0.29) is 17.4 Å². The zero-order valence-electron chi connectivity index (χ0n) is 12.3. The van der Waals surface area contributed by atoms with Gasteiger partial charge in [-0.2, -0.15) is 5.10 Å². The van der Waals surface area contributed by atoms with Gasteiger partial charge in [0.2, 0.25) is 0 Å². The second-order valence-corrected chi connectivity index (χ2v) is 5.47. The number of hydrogen-bond donors (Lipinski definition) is 1. The molecule has 0 aliphatic rings. The SMILES string of the molecule is Cc1ccc(NC(=O)c2ccn(-c3ccc(F)cc3)n2)c(Cl)c1. The summed E-state index contributed by atoms with van der Waals surface area (Å²) in [5.74, 6) is -0.690. The highest BCUT2D eigenvalue weighted by Crippen LogP contribution is 2.23. The Labute approximate surface area is 137 Å². The van der Waals surface area contributed by atoms with E-state index in [2.05, 4.69) is 10.4 Å². The van der Waals surface area contributed by atoms with Crippen LogP contribution < -0.4 is 5.32 Å². The number of nitrogens with zero attached hydrogens (tertiary/aromatic N) is 2. The molecule has 0 atom stereocenters. The standard InChI is InChI=1S/C17H13ClFN3O/c1-11-2-7-15(14(18)10-11)20-17(23)16-8-9-22(21-16)13-5-3-12(19)4-6-13/h2-10H,1H3,(H,20,23). The zero-order chi connectivity index (χ0) is 16.4. The fourth-order valence-corrected chi connectivity index (χ4v) is 2.37. The number of rotatable bonds is 3. The molecular formula is C17H13ClFN3O. The Morgan fingerprint density at radius 2 is 1.91 bits per heavy atom. The monoisotopic (exact) mass is 329 g/mol. The second kappa shape index (κ2) is 6.22. The van der Waals surface area contributed by atoms with Crippen LogP contribution in [0.1, 0.15) is 16.1 Å². The van der Waals surface area contributed by atoms with Crippen molar-refractivity contribution in [3.63, 3.8) is 0 Å². The van der Waals surface area contributed by atoms with Gasteiger partial charge in [0.1, 0.15) is 5.82 Å². The molecule has 0 saturated carbocycles. The lowest BCUT2D eigenvalue weighted by molar-refractivity contribution is 0.102. The van der Waals surface area contributed by atoms with Crippen molar-refractivity contribution >= 4 is 23.2 Å². The first-order valence-corrected chi connectivity index (χ1v) is 7.30. The van der Waals surface area contributed by atoms with Crippen molar-refractivity contribution in [2.75, 3.05) is 5.32 Å². The number of aryl methyl sites for hydroxylation is 1. The molecule has 3 rings (SSSR count). The Morgan fingerprint density at radius 1 is 1.17 bits per heavy atom. The van der Waals surface area contributed by atoms with Gasteiger partial charge in [-0.05, 0) is 55.0 Å². The molecule has 116 valence electrons. The van der Waals surface area contributed by atoms with Gasteiger partial charge in [0.15, 0.2) is 5.69 Å². The molecule has 0 bridgehead atoms. The van der Waals surface area contributed by atoms with Crippen LogP contribution >= 0.6 is 11.6 Å². The molecule has 1 heterocycles. The third-order valence-electron chi connectivity index (χ3n) is 3.29. The molecule has 1 amide bonds. The quantitative estimate of drug-likeness (QED) is 0.781. The summed E-state index contributed by atoms with van der Waals surface area (Å²) in [5, 5.41) is 7.38. The molecule has 0 aliphatic heterocycles. The number of carbonyl (C=O) groups is 1. The molecule has 2 aromatic carbocycles. The van der Waals surface area contributed by atoms with Gasteiger partial charge in [-0.3, -0.25) is 4.79 Å². The summed E-state index contributed by atoms with van der Waals surface area (Å²) in [7, 11) is 0. The summed E-state index contributed by atoms with van der Waals surface area (Å²) in [5.41, 5.74) is 2.44. The van der Waals surface area contributed by atoms with Crippen molar-refractivity contribution < 1.29 is 9.18 Å². The highest BCUT2D eigenvalue weighted by atomic mass is 35.5. The van der Waals surface area contributed by atoms with Crippen LogP contribution in [0, 0.1) is 12.7 Å². The third-order valence-corrected chi connectivity index (χ3v) is 3.60. The molecule has 4 nitrogen and oxygen atoms in total. The predicted molar refractivity (Wildman–Crippen MR) is 87.7 cm³/mol. The Morgan fingerprint density at radius 3 is 2.61 bits per heavy atom. The van der Waals surface area contributed by atoms with Gasteiger partial charge in [-0.1, -0.05) is 17.7 Å². The highest BCUT2D eigenvalue weighted by molar-refractivity contribution is 6.34. The van der Waals surface area contributed by atoms with Gasteiger partial charge in [-0.25, -0.2) is 9.07 Å². The van der Waals surface area contributed by atoms with Crippen LogP contribution in [0.2, 0.25) is 5.02 Å². The van der Waals surface area contributed by atoms with E-state index in [1.807, 2.05) is 13.0 Å². The van der Waals surface area contributed by atoms with E-state index in [1.54, 1.807) is 36.5 Å². The van der Waals surface area contributed by atoms with E-state index in [9.17, 15) is 9.18 Å². The smallest absolute Gasteiger partial charge is 0.276 e. The van der Waals surface area contributed by atoms with Gasteiger partial charge in [0, 0.05) is 6.20 Å². The first-order chi connectivity index (χ1) is 11.0. The number of hydrogen-bond acceptors (Lipinski definition) is 2. The number of amides is 1. The number of anilines is 1. The summed E-state index contributed by atoms with van der Waals surface area (Å²) in [4.78, 5) is 12.2. The molecule has 3 aromatic rings. The third kappa shape index (κ3) is 3.40. The Balaban J connectivity index is 1.79. The fourth-order valence-electron chi connectivity index (χ4n) is 2.09. The molecule has 6 heteroatoms. The minimum atomic E-state index is -0.364. The summed E-state index contributed by atoms with van der Waals surface area (Å²) in [6.45, 7) is 1.92. The molecule has 1 N–H and O–H groups in total. The van der Waals surface area contributed by atoms with Crippen LogP contribution in [0.15, 0.2) is 54.7 Å². The van der Waals surface area contributed by atoms with Crippen LogP contribution in [0.25, 0.3) is 5.69 Å². The maximum absolute atomic E-state index is 12.9. The Bertz CT molecular complexity index is 859. The number of halogens is 2. The minimum absolute atomic E-state index is 0.242. The van der Waals surface area contributed by atoms with Crippen LogP contribution in [0.4, 0.5) is 10.1 Å². The molecule has 0 spiro atoms. The molecule has 0 aliphatic carbocycles. The van der Waals surface area contributed by atoms with E-state index in [0.29, 0.717) is 16.4 Å². The maximum atomic E-state index is 12.9. The van der Waals surface area contributed by atoms with Crippen molar-refractivity contribution in [1.82, 2.24) is 9.78 Å². The van der Waals surface area contributed by atoms with Gasteiger partial charge in [0.05, 0.1) is 16.4 Å². The summed E-state index contributed by atoms with van der Waals surface area (Å²) in [6, 6.07) is 12.8. The number of aromatic nitrogens is 2. The van der Waals surface area contributed by atoms with E-state index in [0.717, 1.165) is 5.56 Å². The summed E-state index contributed by atoms with van der Waals surface area (Å²) < 4.78 is 14.4. The van der Waals surface area contributed by atoms with Gasteiger partial charge in [-0.15, -0.1) is 0 Å². The van der Waals surface area contributed by atoms with Crippen molar-refractivity contribution in [2.24, 2.45) is 0 Å². The van der Waals surface area contributed by atoms with Gasteiger partial charge >= 0.3 is 0 Å². The van der Waals surface area contributed by atoms with Crippen molar-refractivity contribution in [1.29, 1.82) is 0 Å². The largest absolute Gasteiger partial charge is 0.319 e. The highest BCUT2D eigenvalue weighted by Gasteiger charge is 2.12. The molecule has 0 unspecified atom stereocenters. The van der Waals surface area contributed by atoms with Crippen LogP contribution in [-0.2, 0) is 0 Å². The lowest BCUT2D eigenvalue weighted by atomic mass is 10.2. The average molecular weight is 330 g/mol. The fraction of sp³-hybridized carbons (Fsp3) is 0.0588. The molecule has 1 aromatic heterocycles. The lowest BCUT2D eigenvalue weighted by Crippen LogP contribution is -2.13. The first-order valence-electron chi connectivity index (χ1n) is 6.92. The van der Waals surface area contributed by atoms with Crippen molar-refractivity contribution in [3.8, 4) is 5.69 Å². The maximum Gasteiger partial charge on any atom is 0.276 e. The molecule has 0 radical (unpaired) electrons. The van der Waals surface area contributed by atoms with Gasteiger partial charge in [0.25, 0.3) is 5.91 Å². The number of nitrogens with one attached hydrogen (secondary N) is 1. The lowest BCUT2D eigenvalue weighted by Gasteiger charge is -2.06. The van der Waals surface area contributed by atoms with Crippen LogP contribution in [0.3, 0.4) is 0 Å². The van der Waals surface area contributed by atoms with Crippen LogP contribution in [-0.4, -0.2) is 15.7 Å². The molecule has 23 heavy (non-hydrogen) atoms. The van der Waals surface area contributed by atoms with Crippen LogP contribution in [0.5, 0.6) is 0 Å². The first kappa shape index (κ1) is 15.2. The van der Waals surface area contributed by atoms with E-state index >= 15 is 0 Å². The van der Waals surface area contributed by atoms with Crippen molar-refractivity contribution in [2.45, 2.75) is 6.92 Å². The number of benzene rings is 2. The summed E-state index contributed by atoms with van der Waals surface area (Å²) in [6.07, 6.45) is 1.64. The Hall–Kier alpha value is -2.66. The predicted octanol–water partition coefficient (Wildman–Crippen LogP) is 4.23. The topological polar surface area (TPSA) is 46.9 Å². The van der Waals surface area contributed by atoms with E-state index < -0.39 is 0 Å². The summed E-state index contributed by atoms with van der Waals surface area (Å²) >= 11 is 6.10. The normalized spacial score (nSPS) is 10.6. The van der Waals surface area contributed by atoms with Gasteiger partial charge < -0.3 is 5.32 Å². The van der Waals surface area contributed by atoms with E-state index in [1.165, 1.54) is 16.8 Å². The molecule has 0 fully saturated rings. The second-order valence-electron chi connectivity index (χ2n) is 5.06. The molecular weight excluding hydrogens is 317 g/mol. The zero-order valence-corrected chi connectivity index (χ0v) is 13.0. The average Bonchev–Trinajstić information content (AvgIpc) is 3.01. The van der Waals surface area contributed by atoms with Crippen molar-refractivity contribution in [3.05, 3.63) is 76.8 Å². The number of carbonyl (C=O) groups excluding carboxylic acids is 1. The van der Waals surface area contributed by atoms with E-state index in [4.69, 9.17) is 11.6 Å².